The third-order valence-electron chi connectivity index (χ3n) is 2.14. The van der Waals surface area contributed by atoms with Gasteiger partial charge in [0.2, 0.25) is 0 Å². The molecule has 0 spiro atoms. The van der Waals surface area contributed by atoms with Crippen LogP contribution >= 0.6 is 15.9 Å². The first-order valence-corrected chi connectivity index (χ1v) is 5.78. The highest BCUT2D eigenvalue weighted by atomic mass is 79.9. The normalized spacial score (nSPS) is 12.2. The number of carbonyl (C=O) groups is 1. The summed E-state index contributed by atoms with van der Waals surface area (Å²) in [5.74, 6) is -1.43. The molecule has 3 nitrogen and oxygen atoms in total. The van der Waals surface area contributed by atoms with Crippen molar-refractivity contribution in [2.75, 3.05) is 5.32 Å². The van der Waals surface area contributed by atoms with Gasteiger partial charge in [0.1, 0.15) is 11.9 Å². The van der Waals surface area contributed by atoms with Gasteiger partial charge >= 0.3 is 5.97 Å². The molecule has 88 valence electrons. The van der Waals surface area contributed by atoms with Crippen LogP contribution in [0.25, 0.3) is 0 Å². The van der Waals surface area contributed by atoms with E-state index in [9.17, 15) is 9.18 Å². The summed E-state index contributed by atoms with van der Waals surface area (Å²) in [5.41, 5.74) is 0.212. The van der Waals surface area contributed by atoms with Crippen LogP contribution in [-0.4, -0.2) is 17.1 Å². The molecule has 1 unspecified atom stereocenters. The Labute approximate surface area is 102 Å². The lowest BCUT2D eigenvalue weighted by Gasteiger charge is -2.15. The van der Waals surface area contributed by atoms with E-state index in [1.807, 2.05) is 6.92 Å². The average Bonchev–Trinajstić information content (AvgIpc) is 2.20. The lowest BCUT2D eigenvalue weighted by atomic mass is 10.1. The molecule has 0 radical (unpaired) electrons. The van der Waals surface area contributed by atoms with E-state index in [0.717, 1.165) is 6.42 Å². The Kier molecular flexibility index (Phi) is 4.73. The van der Waals surface area contributed by atoms with Crippen molar-refractivity contribution in [1.82, 2.24) is 0 Å². The molecular formula is C11H13BrFNO2. The van der Waals surface area contributed by atoms with Gasteiger partial charge in [-0.2, -0.15) is 0 Å². The van der Waals surface area contributed by atoms with Gasteiger partial charge in [-0.05, 0) is 24.6 Å². The molecule has 0 saturated heterocycles. The molecule has 0 bridgehead atoms. The van der Waals surface area contributed by atoms with Gasteiger partial charge in [0.25, 0.3) is 0 Å². The van der Waals surface area contributed by atoms with Crippen LogP contribution < -0.4 is 5.32 Å². The molecule has 16 heavy (non-hydrogen) atoms. The predicted octanol–water partition coefficient (Wildman–Crippen LogP) is 3.25. The lowest BCUT2D eigenvalue weighted by Crippen LogP contribution is -2.29. The fraction of sp³-hybridized carbons (Fsp3) is 0.364. The Balaban J connectivity index is 2.81. The van der Waals surface area contributed by atoms with Crippen LogP contribution in [0.2, 0.25) is 0 Å². The minimum Gasteiger partial charge on any atom is -0.480 e. The Morgan fingerprint density at radius 3 is 2.81 bits per heavy atom. The van der Waals surface area contributed by atoms with Crippen LogP contribution in [0.3, 0.4) is 0 Å². The SMILES string of the molecule is CCCC(Nc1ccc(Br)cc1F)C(=O)O. The second kappa shape index (κ2) is 5.84. The molecule has 1 rings (SSSR count). The Morgan fingerprint density at radius 2 is 2.31 bits per heavy atom. The average molecular weight is 290 g/mol. The molecule has 0 aliphatic carbocycles. The van der Waals surface area contributed by atoms with Gasteiger partial charge in [-0.3, -0.25) is 0 Å². The van der Waals surface area contributed by atoms with Crippen LogP contribution in [-0.2, 0) is 4.79 Å². The van der Waals surface area contributed by atoms with Crippen molar-refractivity contribution in [2.24, 2.45) is 0 Å². The molecular weight excluding hydrogens is 277 g/mol. The molecule has 0 aliphatic rings. The third kappa shape index (κ3) is 3.48. The number of hydrogen-bond acceptors (Lipinski definition) is 2. The molecule has 0 amide bonds. The molecule has 1 aromatic carbocycles. The lowest BCUT2D eigenvalue weighted by molar-refractivity contribution is -0.138. The van der Waals surface area contributed by atoms with Crippen molar-refractivity contribution in [3.8, 4) is 0 Å². The zero-order chi connectivity index (χ0) is 12.1. The van der Waals surface area contributed by atoms with E-state index < -0.39 is 17.8 Å². The fourth-order valence-corrected chi connectivity index (χ4v) is 1.67. The number of nitrogens with one attached hydrogen (secondary N) is 1. The first kappa shape index (κ1) is 13.0. The first-order chi connectivity index (χ1) is 7.54. The quantitative estimate of drug-likeness (QED) is 0.875. The van der Waals surface area contributed by atoms with Crippen LogP contribution in [0.4, 0.5) is 10.1 Å². The van der Waals surface area contributed by atoms with Gasteiger partial charge in [-0.15, -0.1) is 0 Å². The number of halogens is 2. The van der Waals surface area contributed by atoms with Crippen molar-refractivity contribution in [2.45, 2.75) is 25.8 Å². The topological polar surface area (TPSA) is 49.3 Å². The van der Waals surface area contributed by atoms with E-state index in [1.165, 1.54) is 12.1 Å². The van der Waals surface area contributed by atoms with Gasteiger partial charge in [-0.1, -0.05) is 29.3 Å². The number of anilines is 1. The second-order valence-electron chi connectivity index (χ2n) is 3.45. The van der Waals surface area contributed by atoms with Gasteiger partial charge in [0.15, 0.2) is 0 Å². The molecule has 0 aromatic heterocycles. The van der Waals surface area contributed by atoms with Gasteiger partial charge in [-0.25, -0.2) is 9.18 Å². The summed E-state index contributed by atoms with van der Waals surface area (Å²) in [4.78, 5) is 10.9. The summed E-state index contributed by atoms with van der Waals surface area (Å²) >= 11 is 3.14. The van der Waals surface area contributed by atoms with Crippen LogP contribution in [0.15, 0.2) is 22.7 Å². The number of aliphatic carboxylic acids is 1. The van der Waals surface area contributed by atoms with Crippen LogP contribution in [0, 0.1) is 5.82 Å². The number of carboxylic acid groups (broad SMARTS) is 1. The Hall–Kier alpha value is -1.10. The smallest absolute Gasteiger partial charge is 0.326 e. The van der Waals surface area contributed by atoms with Gasteiger partial charge < -0.3 is 10.4 Å². The number of hydrogen-bond donors (Lipinski definition) is 2. The van der Waals surface area contributed by atoms with E-state index in [4.69, 9.17) is 5.11 Å². The predicted molar refractivity (Wildman–Crippen MR) is 64.1 cm³/mol. The highest BCUT2D eigenvalue weighted by Crippen LogP contribution is 2.20. The molecule has 2 N–H and O–H groups in total. The largest absolute Gasteiger partial charge is 0.480 e. The van der Waals surface area contributed by atoms with Crippen LogP contribution in [0.5, 0.6) is 0 Å². The molecule has 0 aliphatic heterocycles. The second-order valence-corrected chi connectivity index (χ2v) is 4.36. The summed E-state index contributed by atoms with van der Waals surface area (Å²) in [6.07, 6.45) is 1.19. The number of rotatable bonds is 5. The van der Waals surface area contributed by atoms with E-state index >= 15 is 0 Å². The van der Waals surface area contributed by atoms with E-state index in [1.54, 1.807) is 6.07 Å². The zero-order valence-electron chi connectivity index (χ0n) is 8.84. The highest BCUT2D eigenvalue weighted by Gasteiger charge is 2.17. The zero-order valence-corrected chi connectivity index (χ0v) is 10.4. The molecule has 1 atom stereocenters. The minimum absolute atomic E-state index is 0.212. The number of benzene rings is 1. The monoisotopic (exact) mass is 289 g/mol. The third-order valence-corrected chi connectivity index (χ3v) is 2.63. The Bertz CT molecular complexity index is 384. The van der Waals surface area contributed by atoms with Crippen molar-refractivity contribution < 1.29 is 14.3 Å². The standard InChI is InChI=1S/C11H13BrFNO2/c1-2-3-10(11(15)16)14-9-5-4-7(12)6-8(9)13/h4-6,10,14H,2-3H2,1H3,(H,15,16). The fourth-order valence-electron chi connectivity index (χ4n) is 1.34. The Morgan fingerprint density at radius 1 is 1.62 bits per heavy atom. The van der Waals surface area contributed by atoms with Gasteiger partial charge in [0, 0.05) is 4.47 Å². The summed E-state index contributed by atoms with van der Waals surface area (Å²) in [6, 6.07) is 3.73. The molecule has 5 heteroatoms. The minimum atomic E-state index is -0.968. The maximum Gasteiger partial charge on any atom is 0.326 e. The summed E-state index contributed by atoms with van der Waals surface area (Å²) in [5, 5.41) is 11.6. The van der Waals surface area contributed by atoms with Crippen LogP contribution in [0.1, 0.15) is 19.8 Å². The van der Waals surface area contributed by atoms with Crippen molar-refractivity contribution in [1.29, 1.82) is 0 Å². The molecule has 1 aromatic rings. The van der Waals surface area contributed by atoms with E-state index in [0.29, 0.717) is 10.9 Å². The first-order valence-electron chi connectivity index (χ1n) is 4.99. The van der Waals surface area contributed by atoms with E-state index in [2.05, 4.69) is 21.2 Å². The highest BCUT2D eigenvalue weighted by molar-refractivity contribution is 9.10. The molecule has 0 fully saturated rings. The van der Waals surface area contributed by atoms with Crippen molar-refractivity contribution >= 4 is 27.6 Å². The van der Waals surface area contributed by atoms with Gasteiger partial charge in [0.05, 0.1) is 5.69 Å². The summed E-state index contributed by atoms with van der Waals surface area (Å²) in [7, 11) is 0. The van der Waals surface area contributed by atoms with Crippen molar-refractivity contribution in [3.05, 3.63) is 28.5 Å². The maximum atomic E-state index is 13.4. The molecule has 0 saturated carbocycles. The summed E-state index contributed by atoms with van der Waals surface area (Å²) < 4.78 is 14.1. The number of carboxylic acids is 1. The van der Waals surface area contributed by atoms with Crippen molar-refractivity contribution in [3.63, 3.8) is 0 Å². The maximum absolute atomic E-state index is 13.4. The molecule has 0 heterocycles. The summed E-state index contributed by atoms with van der Waals surface area (Å²) in [6.45, 7) is 1.88. The van der Waals surface area contributed by atoms with E-state index in [-0.39, 0.29) is 5.69 Å².